The van der Waals surface area contributed by atoms with Crippen molar-refractivity contribution in [3.8, 4) is 0 Å². The number of halogens is 1. The Morgan fingerprint density at radius 2 is 1.80 bits per heavy atom. The van der Waals surface area contributed by atoms with E-state index in [2.05, 4.69) is 15.6 Å². The first kappa shape index (κ1) is 23.0. The highest BCUT2D eigenvalue weighted by Crippen LogP contribution is 2.26. The summed E-state index contributed by atoms with van der Waals surface area (Å²) in [5.74, 6) is 2.50. The van der Waals surface area contributed by atoms with Crippen molar-refractivity contribution in [2.75, 3.05) is 46.6 Å². The predicted molar refractivity (Wildman–Crippen MR) is 115 cm³/mol. The van der Waals surface area contributed by atoms with Crippen LogP contribution in [0.15, 0.2) is 4.99 Å². The summed E-state index contributed by atoms with van der Waals surface area (Å²) in [6.45, 7) is 5.35. The number of nitrogens with one attached hydrogen (secondary N) is 2. The third-order valence-electron chi connectivity index (χ3n) is 5.17. The normalized spacial score (nSPS) is 21.8. The molecule has 1 atom stereocenters. The van der Waals surface area contributed by atoms with Crippen LogP contribution < -0.4 is 10.6 Å². The first-order chi connectivity index (χ1) is 11.9. The quantitative estimate of drug-likeness (QED) is 0.223. The predicted octanol–water partition coefficient (Wildman–Crippen LogP) is 3.57. The van der Waals surface area contributed by atoms with Crippen molar-refractivity contribution >= 4 is 29.9 Å². The van der Waals surface area contributed by atoms with Gasteiger partial charge in [0.1, 0.15) is 0 Å². The molecule has 1 aliphatic heterocycles. The fraction of sp³-hybridized carbons (Fsp3) is 0.947. The second-order valence-electron chi connectivity index (χ2n) is 7.23. The maximum atomic E-state index is 5.72. The maximum absolute atomic E-state index is 5.72. The lowest BCUT2D eigenvalue weighted by molar-refractivity contribution is 0.0888. The Bertz CT molecular complexity index is 344. The lowest BCUT2D eigenvalue weighted by Gasteiger charge is -2.21. The molecule has 0 amide bonds. The molecule has 0 aromatic rings. The zero-order valence-electron chi connectivity index (χ0n) is 15.9. The fourth-order valence-corrected chi connectivity index (χ4v) is 3.64. The average Bonchev–Trinajstić information content (AvgIpc) is 3.14. The number of aliphatic imine (C=N–C) groups is 1. The highest BCUT2D eigenvalue weighted by molar-refractivity contribution is 14.0. The fourth-order valence-electron chi connectivity index (χ4n) is 3.64. The molecule has 0 bridgehead atoms. The van der Waals surface area contributed by atoms with Gasteiger partial charge < -0.3 is 20.1 Å². The SMILES string of the molecule is CN=C(NCCCOCC1CCOC1)NCCCC1CCCCC1.I. The van der Waals surface area contributed by atoms with Gasteiger partial charge >= 0.3 is 0 Å². The molecule has 1 saturated carbocycles. The van der Waals surface area contributed by atoms with Crippen molar-refractivity contribution in [1.82, 2.24) is 10.6 Å². The van der Waals surface area contributed by atoms with E-state index in [9.17, 15) is 0 Å². The molecule has 1 heterocycles. The lowest BCUT2D eigenvalue weighted by atomic mass is 9.86. The minimum absolute atomic E-state index is 0. The van der Waals surface area contributed by atoms with Crippen LogP contribution in [0.2, 0.25) is 0 Å². The number of guanidine groups is 1. The molecule has 2 aliphatic rings. The highest BCUT2D eigenvalue weighted by atomic mass is 127. The Morgan fingerprint density at radius 3 is 2.48 bits per heavy atom. The van der Waals surface area contributed by atoms with Crippen molar-refractivity contribution in [1.29, 1.82) is 0 Å². The Balaban J connectivity index is 0.00000312. The van der Waals surface area contributed by atoms with Crippen molar-refractivity contribution in [3.63, 3.8) is 0 Å². The molecule has 6 heteroatoms. The van der Waals surface area contributed by atoms with E-state index in [0.717, 1.165) is 64.2 Å². The Kier molecular flexibility index (Phi) is 13.8. The third kappa shape index (κ3) is 10.6. The van der Waals surface area contributed by atoms with Crippen molar-refractivity contribution in [2.45, 2.75) is 57.8 Å². The van der Waals surface area contributed by atoms with Gasteiger partial charge in [-0.25, -0.2) is 0 Å². The van der Waals surface area contributed by atoms with Crippen LogP contribution in [0.4, 0.5) is 0 Å². The van der Waals surface area contributed by atoms with E-state index in [0.29, 0.717) is 5.92 Å². The Labute approximate surface area is 171 Å². The van der Waals surface area contributed by atoms with Crippen LogP contribution in [0.3, 0.4) is 0 Å². The van der Waals surface area contributed by atoms with Crippen LogP contribution in [0.5, 0.6) is 0 Å². The summed E-state index contributed by atoms with van der Waals surface area (Å²) < 4.78 is 11.1. The summed E-state index contributed by atoms with van der Waals surface area (Å²) in [7, 11) is 1.84. The topological polar surface area (TPSA) is 54.9 Å². The highest BCUT2D eigenvalue weighted by Gasteiger charge is 2.15. The van der Waals surface area contributed by atoms with Gasteiger partial charge in [0.2, 0.25) is 0 Å². The van der Waals surface area contributed by atoms with E-state index in [1.807, 2.05) is 7.05 Å². The maximum Gasteiger partial charge on any atom is 0.190 e. The summed E-state index contributed by atoms with van der Waals surface area (Å²) in [6, 6.07) is 0. The zero-order chi connectivity index (χ0) is 16.9. The molecule has 1 unspecified atom stereocenters. The molecular formula is C19H38IN3O2. The van der Waals surface area contributed by atoms with Gasteiger partial charge in [0.15, 0.2) is 5.96 Å². The first-order valence-electron chi connectivity index (χ1n) is 9.98. The summed E-state index contributed by atoms with van der Waals surface area (Å²) in [4.78, 5) is 4.29. The van der Waals surface area contributed by atoms with Crippen molar-refractivity contribution in [3.05, 3.63) is 0 Å². The van der Waals surface area contributed by atoms with E-state index in [4.69, 9.17) is 9.47 Å². The molecule has 0 aromatic carbocycles. The van der Waals surface area contributed by atoms with E-state index >= 15 is 0 Å². The second-order valence-corrected chi connectivity index (χ2v) is 7.23. The van der Waals surface area contributed by atoms with Gasteiger partial charge in [0.25, 0.3) is 0 Å². The van der Waals surface area contributed by atoms with Gasteiger partial charge in [0, 0.05) is 39.3 Å². The van der Waals surface area contributed by atoms with Gasteiger partial charge in [-0.3, -0.25) is 4.99 Å². The summed E-state index contributed by atoms with van der Waals surface area (Å²) in [6.07, 6.45) is 12.0. The van der Waals surface area contributed by atoms with Gasteiger partial charge in [-0.2, -0.15) is 0 Å². The second kappa shape index (κ2) is 15.0. The van der Waals surface area contributed by atoms with Crippen LogP contribution in [0.25, 0.3) is 0 Å². The number of rotatable bonds is 10. The van der Waals surface area contributed by atoms with Crippen LogP contribution in [-0.4, -0.2) is 52.5 Å². The Hall–Kier alpha value is -0.0800. The number of nitrogens with zero attached hydrogens (tertiary/aromatic N) is 1. The number of ether oxygens (including phenoxy) is 2. The van der Waals surface area contributed by atoms with E-state index in [-0.39, 0.29) is 24.0 Å². The molecule has 5 nitrogen and oxygen atoms in total. The molecule has 148 valence electrons. The number of hydrogen-bond donors (Lipinski definition) is 2. The van der Waals surface area contributed by atoms with Crippen molar-refractivity contribution < 1.29 is 9.47 Å². The largest absolute Gasteiger partial charge is 0.381 e. The monoisotopic (exact) mass is 467 g/mol. The van der Waals surface area contributed by atoms with Crippen LogP contribution in [0, 0.1) is 11.8 Å². The molecule has 2 N–H and O–H groups in total. The van der Waals surface area contributed by atoms with E-state index in [1.165, 1.54) is 44.9 Å². The van der Waals surface area contributed by atoms with Gasteiger partial charge in [-0.05, 0) is 31.6 Å². The van der Waals surface area contributed by atoms with E-state index in [1.54, 1.807) is 0 Å². The van der Waals surface area contributed by atoms with Gasteiger partial charge in [-0.15, -0.1) is 24.0 Å². The minimum Gasteiger partial charge on any atom is -0.381 e. The molecule has 0 aromatic heterocycles. The van der Waals surface area contributed by atoms with Crippen LogP contribution >= 0.6 is 24.0 Å². The first-order valence-corrected chi connectivity index (χ1v) is 9.98. The molecule has 1 aliphatic carbocycles. The standard InChI is InChI=1S/C19H37N3O2.HI/c1-20-19(21-11-5-9-17-7-3-2-4-8-17)22-12-6-13-23-15-18-10-14-24-16-18;/h17-18H,2-16H2,1H3,(H2,20,21,22);1H. The third-order valence-corrected chi connectivity index (χ3v) is 5.17. The molecule has 0 radical (unpaired) electrons. The van der Waals surface area contributed by atoms with Crippen LogP contribution in [0.1, 0.15) is 57.8 Å². The smallest absolute Gasteiger partial charge is 0.190 e. The van der Waals surface area contributed by atoms with Gasteiger partial charge in [-0.1, -0.05) is 32.1 Å². The van der Waals surface area contributed by atoms with Crippen LogP contribution in [-0.2, 0) is 9.47 Å². The van der Waals surface area contributed by atoms with E-state index < -0.39 is 0 Å². The lowest BCUT2D eigenvalue weighted by Crippen LogP contribution is -2.38. The van der Waals surface area contributed by atoms with Gasteiger partial charge in [0.05, 0.1) is 13.2 Å². The minimum atomic E-state index is 0. The summed E-state index contributed by atoms with van der Waals surface area (Å²) >= 11 is 0. The molecule has 2 fully saturated rings. The molecule has 25 heavy (non-hydrogen) atoms. The van der Waals surface area contributed by atoms with Crippen molar-refractivity contribution in [2.24, 2.45) is 16.8 Å². The summed E-state index contributed by atoms with van der Waals surface area (Å²) in [5.41, 5.74) is 0. The molecule has 0 spiro atoms. The molecule has 1 saturated heterocycles. The Morgan fingerprint density at radius 1 is 1.04 bits per heavy atom. The molecule has 2 rings (SSSR count). The zero-order valence-corrected chi connectivity index (χ0v) is 18.3. The average molecular weight is 467 g/mol. The molecular weight excluding hydrogens is 429 g/mol. The summed E-state index contributed by atoms with van der Waals surface area (Å²) in [5, 5.41) is 6.80. The number of hydrogen-bond acceptors (Lipinski definition) is 3.